The van der Waals surface area contributed by atoms with Crippen molar-refractivity contribution in [3.8, 4) is 11.5 Å². The van der Waals surface area contributed by atoms with Crippen LogP contribution in [-0.2, 0) is 4.74 Å². The largest absolute Gasteiger partial charge is 0.454 e. The van der Waals surface area contributed by atoms with Gasteiger partial charge in [-0.1, -0.05) is 0 Å². The second kappa shape index (κ2) is 9.61. The summed E-state index contributed by atoms with van der Waals surface area (Å²) in [6.07, 6.45) is 2.63. The molecule has 5 nitrogen and oxygen atoms in total. The molecular formula is C21H24F2N2O3. The number of ether oxygens (including phenoxy) is 2. The number of nitrogens with two attached hydrogens (primary N) is 1. The number of amides is 1. The van der Waals surface area contributed by atoms with Crippen LogP contribution in [0.2, 0.25) is 0 Å². The SMILES string of the molecule is NCCCOC1CCN(C(=O)c2ccc(Oc3ccc(F)cc3F)cc2)CC1. The van der Waals surface area contributed by atoms with E-state index in [1.54, 1.807) is 29.2 Å². The highest BCUT2D eigenvalue weighted by Crippen LogP contribution is 2.25. The Kier molecular flexibility index (Phi) is 6.95. The summed E-state index contributed by atoms with van der Waals surface area (Å²) in [4.78, 5) is 14.5. The number of halogens is 2. The summed E-state index contributed by atoms with van der Waals surface area (Å²) in [6.45, 7) is 2.56. The van der Waals surface area contributed by atoms with Crippen molar-refractivity contribution in [3.05, 3.63) is 59.7 Å². The highest BCUT2D eigenvalue weighted by molar-refractivity contribution is 5.94. The Bertz CT molecular complexity index is 791. The van der Waals surface area contributed by atoms with E-state index in [4.69, 9.17) is 15.2 Å². The highest BCUT2D eigenvalue weighted by Gasteiger charge is 2.24. The molecule has 0 atom stereocenters. The molecule has 1 saturated heterocycles. The molecule has 0 aromatic heterocycles. The molecule has 3 rings (SSSR count). The maximum Gasteiger partial charge on any atom is 0.253 e. The summed E-state index contributed by atoms with van der Waals surface area (Å²) < 4.78 is 37.8. The fraction of sp³-hybridized carbons (Fsp3) is 0.381. The number of benzene rings is 2. The molecule has 2 N–H and O–H groups in total. The third-order valence-corrected chi connectivity index (χ3v) is 4.65. The van der Waals surface area contributed by atoms with Crippen molar-refractivity contribution in [2.45, 2.75) is 25.4 Å². The Labute approximate surface area is 163 Å². The fourth-order valence-corrected chi connectivity index (χ4v) is 3.09. The Balaban J connectivity index is 1.54. The minimum atomic E-state index is -0.781. The lowest BCUT2D eigenvalue weighted by atomic mass is 10.1. The van der Waals surface area contributed by atoms with Crippen LogP contribution in [0.3, 0.4) is 0 Å². The molecule has 0 aliphatic carbocycles. The topological polar surface area (TPSA) is 64.8 Å². The van der Waals surface area contributed by atoms with Crippen molar-refractivity contribution in [3.63, 3.8) is 0 Å². The van der Waals surface area contributed by atoms with E-state index in [-0.39, 0.29) is 17.8 Å². The summed E-state index contributed by atoms with van der Waals surface area (Å²) in [5, 5.41) is 0. The lowest BCUT2D eigenvalue weighted by molar-refractivity contribution is 0.00844. The normalized spacial score (nSPS) is 14.9. The quantitative estimate of drug-likeness (QED) is 0.732. The Hall–Kier alpha value is -2.51. The number of hydrogen-bond donors (Lipinski definition) is 1. The molecule has 1 aliphatic rings. The Morgan fingerprint density at radius 1 is 1.11 bits per heavy atom. The molecule has 1 heterocycles. The molecule has 0 bridgehead atoms. The second-order valence-electron chi connectivity index (χ2n) is 6.71. The minimum Gasteiger partial charge on any atom is -0.454 e. The van der Waals surface area contributed by atoms with Crippen LogP contribution in [0.25, 0.3) is 0 Å². The van der Waals surface area contributed by atoms with Crippen molar-refractivity contribution in [2.24, 2.45) is 5.73 Å². The molecule has 7 heteroatoms. The maximum absolute atomic E-state index is 13.7. The number of nitrogens with zero attached hydrogens (tertiary/aromatic N) is 1. The summed E-state index contributed by atoms with van der Waals surface area (Å²) in [5.74, 6) is -1.21. The summed E-state index contributed by atoms with van der Waals surface area (Å²) in [5.41, 5.74) is 6.00. The molecule has 0 unspecified atom stereocenters. The van der Waals surface area contributed by atoms with Gasteiger partial charge in [0.05, 0.1) is 6.10 Å². The number of piperidine rings is 1. The third-order valence-electron chi connectivity index (χ3n) is 4.65. The monoisotopic (exact) mass is 390 g/mol. The molecule has 150 valence electrons. The zero-order valence-electron chi connectivity index (χ0n) is 15.6. The van der Waals surface area contributed by atoms with Crippen LogP contribution in [0.1, 0.15) is 29.6 Å². The third kappa shape index (κ3) is 5.27. The van der Waals surface area contributed by atoms with Crippen LogP contribution in [0, 0.1) is 11.6 Å². The minimum absolute atomic E-state index is 0.0556. The Morgan fingerprint density at radius 2 is 1.82 bits per heavy atom. The van der Waals surface area contributed by atoms with E-state index in [0.29, 0.717) is 37.6 Å². The molecule has 28 heavy (non-hydrogen) atoms. The van der Waals surface area contributed by atoms with Gasteiger partial charge in [0.25, 0.3) is 5.91 Å². The van der Waals surface area contributed by atoms with E-state index < -0.39 is 11.6 Å². The van der Waals surface area contributed by atoms with Crippen LogP contribution < -0.4 is 10.5 Å². The van der Waals surface area contributed by atoms with E-state index in [2.05, 4.69) is 0 Å². The molecule has 0 radical (unpaired) electrons. The van der Waals surface area contributed by atoms with Crippen LogP contribution in [0.5, 0.6) is 11.5 Å². The first-order valence-electron chi connectivity index (χ1n) is 9.40. The number of likely N-dealkylation sites (tertiary alicyclic amines) is 1. The maximum atomic E-state index is 13.7. The van der Waals surface area contributed by atoms with Gasteiger partial charge < -0.3 is 20.1 Å². The summed E-state index contributed by atoms with van der Waals surface area (Å²) in [7, 11) is 0. The molecule has 1 aliphatic heterocycles. The number of hydrogen-bond acceptors (Lipinski definition) is 4. The van der Waals surface area contributed by atoms with Gasteiger partial charge in [-0.3, -0.25) is 4.79 Å². The first-order chi connectivity index (χ1) is 13.6. The molecule has 2 aromatic rings. The average Bonchev–Trinajstić information content (AvgIpc) is 2.71. The molecule has 1 fully saturated rings. The lowest BCUT2D eigenvalue weighted by Crippen LogP contribution is -2.41. The Morgan fingerprint density at radius 3 is 2.46 bits per heavy atom. The molecule has 0 saturated carbocycles. The van der Waals surface area contributed by atoms with E-state index in [1.807, 2.05) is 0 Å². The van der Waals surface area contributed by atoms with Crippen molar-refractivity contribution in [1.82, 2.24) is 4.90 Å². The first kappa shape index (κ1) is 20.2. The van der Waals surface area contributed by atoms with Gasteiger partial charge in [0, 0.05) is 31.3 Å². The first-order valence-corrected chi connectivity index (χ1v) is 9.40. The predicted octanol–water partition coefficient (Wildman–Crippen LogP) is 3.73. The molecule has 2 aromatic carbocycles. The van der Waals surface area contributed by atoms with Crippen molar-refractivity contribution >= 4 is 5.91 Å². The van der Waals surface area contributed by atoms with Gasteiger partial charge in [0.2, 0.25) is 0 Å². The van der Waals surface area contributed by atoms with Gasteiger partial charge >= 0.3 is 0 Å². The van der Waals surface area contributed by atoms with Crippen molar-refractivity contribution < 1.29 is 23.0 Å². The van der Waals surface area contributed by atoms with Gasteiger partial charge in [-0.15, -0.1) is 0 Å². The number of rotatable bonds is 7. The smallest absolute Gasteiger partial charge is 0.253 e. The molecule has 1 amide bonds. The standard InChI is InChI=1S/C21H24F2N2O3/c22-16-4-7-20(19(23)14-16)28-18-5-2-15(3-6-18)21(26)25-11-8-17(9-12-25)27-13-1-10-24/h2-7,14,17H,1,8-13,24H2. The number of carbonyl (C=O) groups is 1. The van der Waals surface area contributed by atoms with Crippen molar-refractivity contribution in [2.75, 3.05) is 26.2 Å². The van der Waals surface area contributed by atoms with Crippen LogP contribution in [0.4, 0.5) is 8.78 Å². The highest BCUT2D eigenvalue weighted by atomic mass is 19.1. The van der Waals surface area contributed by atoms with Crippen LogP contribution in [-0.4, -0.2) is 43.2 Å². The van der Waals surface area contributed by atoms with Crippen molar-refractivity contribution in [1.29, 1.82) is 0 Å². The van der Waals surface area contributed by atoms with Gasteiger partial charge in [-0.05, 0) is 62.2 Å². The zero-order chi connectivity index (χ0) is 19.9. The molecule has 0 spiro atoms. The van der Waals surface area contributed by atoms with E-state index in [1.165, 1.54) is 6.07 Å². The van der Waals surface area contributed by atoms with Gasteiger partial charge in [-0.25, -0.2) is 8.78 Å². The lowest BCUT2D eigenvalue weighted by Gasteiger charge is -2.32. The van der Waals surface area contributed by atoms with Gasteiger partial charge in [0.15, 0.2) is 11.6 Å². The van der Waals surface area contributed by atoms with Crippen LogP contribution in [0.15, 0.2) is 42.5 Å². The van der Waals surface area contributed by atoms with Gasteiger partial charge in [0.1, 0.15) is 11.6 Å². The number of carbonyl (C=O) groups excluding carboxylic acids is 1. The van der Waals surface area contributed by atoms with E-state index in [9.17, 15) is 13.6 Å². The zero-order valence-corrected chi connectivity index (χ0v) is 15.6. The predicted molar refractivity (Wildman–Crippen MR) is 101 cm³/mol. The fourth-order valence-electron chi connectivity index (χ4n) is 3.09. The van der Waals surface area contributed by atoms with E-state index >= 15 is 0 Å². The average molecular weight is 390 g/mol. The summed E-state index contributed by atoms with van der Waals surface area (Å²) >= 11 is 0. The van der Waals surface area contributed by atoms with Gasteiger partial charge in [-0.2, -0.15) is 0 Å². The second-order valence-corrected chi connectivity index (χ2v) is 6.71. The van der Waals surface area contributed by atoms with E-state index in [0.717, 1.165) is 31.4 Å². The summed E-state index contributed by atoms with van der Waals surface area (Å²) in [6, 6.07) is 9.59. The molecular weight excluding hydrogens is 366 g/mol. The van der Waals surface area contributed by atoms with Crippen LogP contribution >= 0.6 is 0 Å².